The molecule has 1 amide bonds. The second-order valence-electron chi connectivity index (χ2n) is 8.02. The molecular weight excluding hydrogens is 416 g/mol. The molecule has 0 saturated carbocycles. The first-order valence-corrected chi connectivity index (χ1v) is 11.6. The van der Waals surface area contributed by atoms with E-state index < -0.39 is 6.10 Å². The Kier molecular flexibility index (Phi) is 6.99. The number of hydrogen-bond donors (Lipinski definition) is 1. The minimum Gasteiger partial charge on any atom is -0.493 e. The van der Waals surface area contributed by atoms with Crippen molar-refractivity contribution in [1.29, 1.82) is 0 Å². The van der Waals surface area contributed by atoms with Crippen LogP contribution in [0.4, 0.5) is 0 Å². The highest BCUT2D eigenvalue weighted by Gasteiger charge is 2.35. The summed E-state index contributed by atoms with van der Waals surface area (Å²) in [4.78, 5) is 17.7. The van der Waals surface area contributed by atoms with E-state index in [1.807, 2.05) is 28.5 Å². The van der Waals surface area contributed by atoms with Crippen molar-refractivity contribution < 1.29 is 24.1 Å². The van der Waals surface area contributed by atoms with Crippen molar-refractivity contribution in [3.05, 3.63) is 40.6 Å². The summed E-state index contributed by atoms with van der Waals surface area (Å²) in [5.41, 5.74) is 0. The van der Waals surface area contributed by atoms with Gasteiger partial charge in [-0.2, -0.15) is 0 Å². The molecule has 0 aliphatic carbocycles. The summed E-state index contributed by atoms with van der Waals surface area (Å²) < 4.78 is 16.7. The molecule has 3 heterocycles. The lowest BCUT2D eigenvalue weighted by Gasteiger charge is -2.43. The van der Waals surface area contributed by atoms with Crippen LogP contribution in [-0.4, -0.2) is 79.5 Å². The summed E-state index contributed by atoms with van der Waals surface area (Å²) in [7, 11) is 3.19. The molecule has 2 fully saturated rings. The van der Waals surface area contributed by atoms with E-state index in [-0.39, 0.29) is 12.0 Å². The average molecular weight is 447 g/mol. The Labute approximate surface area is 187 Å². The van der Waals surface area contributed by atoms with E-state index in [0.29, 0.717) is 29.8 Å². The van der Waals surface area contributed by atoms with Crippen LogP contribution in [-0.2, 0) is 0 Å². The maximum atomic E-state index is 12.5. The van der Waals surface area contributed by atoms with Gasteiger partial charge in [0.25, 0.3) is 5.91 Å². The Morgan fingerprint density at radius 3 is 2.48 bits per heavy atom. The fourth-order valence-corrected chi connectivity index (χ4v) is 5.15. The lowest BCUT2D eigenvalue weighted by atomic mass is 9.97. The average Bonchev–Trinajstić information content (AvgIpc) is 3.35. The molecule has 1 aromatic carbocycles. The first-order chi connectivity index (χ1) is 15.1. The second-order valence-corrected chi connectivity index (χ2v) is 8.97. The van der Waals surface area contributed by atoms with Gasteiger partial charge in [-0.05, 0) is 42.8 Å². The Morgan fingerprint density at radius 2 is 1.84 bits per heavy atom. The molecule has 2 aliphatic heterocycles. The highest BCUT2D eigenvalue weighted by atomic mass is 32.1. The van der Waals surface area contributed by atoms with E-state index >= 15 is 0 Å². The van der Waals surface area contributed by atoms with Gasteiger partial charge in [-0.1, -0.05) is 6.07 Å². The summed E-state index contributed by atoms with van der Waals surface area (Å²) in [5.74, 6) is 2.05. The smallest absolute Gasteiger partial charge is 0.263 e. The molecule has 4 rings (SSSR count). The van der Waals surface area contributed by atoms with Crippen LogP contribution in [0.25, 0.3) is 0 Å². The minimum atomic E-state index is -0.562. The maximum Gasteiger partial charge on any atom is 0.263 e. The first kappa shape index (κ1) is 21.9. The summed E-state index contributed by atoms with van der Waals surface area (Å²) in [6.45, 7) is 2.99. The lowest BCUT2D eigenvalue weighted by molar-refractivity contribution is -0.0439. The number of hydrogen-bond acceptors (Lipinski definition) is 7. The van der Waals surface area contributed by atoms with Crippen LogP contribution < -0.4 is 14.2 Å². The number of benzene rings is 1. The van der Waals surface area contributed by atoms with Gasteiger partial charge >= 0.3 is 0 Å². The zero-order valence-corrected chi connectivity index (χ0v) is 18.8. The summed E-state index contributed by atoms with van der Waals surface area (Å²) in [6, 6.07) is 9.63. The number of nitrogens with zero attached hydrogens (tertiary/aromatic N) is 2. The first-order valence-electron chi connectivity index (χ1n) is 10.7. The number of β-amino-alcohol motifs (C(OH)–C–C–N with tert-alkyl or cyclic N) is 1. The molecule has 1 N–H and O–H groups in total. The molecule has 2 aromatic rings. The van der Waals surface area contributed by atoms with Gasteiger partial charge in [0.1, 0.15) is 18.0 Å². The van der Waals surface area contributed by atoms with Gasteiger partial charge in [0.05, 0.1) is 19.1 Å². The van der Waals surface area contributed by atoms with E-state index in [0.717, 1.165) is 43.8 Å². The third kappa shape index (κ3) is 4.97. The predicted molar refractivity (Wildman–Crippen MR) is 119 cm³/mol. The molecule has 0 bridgehead atoms. The Balaban J connectivity index is 1.28. The molecule has 2 saturated heterocycles. The predicted octanol–water partition coefficient (Wildman–Crippen LogP) is 2.88. The third-order valence-electron chi connectivity index (χ3n) is 6.19. The summed E-state index contributed by atoms with van der Waals surface area (Å²) in [5, 5.41) is 12.7. The highest BCUT2D eigenvalue weighted by molar-refractivity contribution is 7.12. The van der Waals surface area contributed by atoms with Gasteiger partial charge in [0, 0.05) is 38.3 Å². The molecular formula is C23H30N2O5S. The van der Waals surface area contributed by atoms with Crippen LogP contribution in [0.2, 0.25) is 0 Å². The highest BCUT2D eigenvalue weighted by Crippen LogP contribution is 2.32. The molecule has 2 atom stereocenters. The van der Waals surface area contributed by atoms with Gasteiger partial charge < -0.3 is 24.2 Å². The minimum absolute atomic E-state index is 0.135. The number of carbonyl (C=O) groups is 1. The van der Waals surface area contributed by atoms with E-state index in [2.05, 4.69) is 4.90 Å². The van der Waals surface area contributed by atoms with Crippen molar-refractivity contribution in [1.82, 2.24) is 9.80 Å². The van der Waals surface area contributed by atoms with Crippen molar-refractivity contribution in [3.63, 3.8) is 0 Å². The van der Waals surface area contributed by atoms with Crippen molar-refractivity contribution in [2.45, 2.75) is 37.5 Å². The quantitative estimate of drug-likeness (QED) is 0.736. The SMILES string of the molecule is COc1ccc(O[C@@H]2CCN(C3CCN(C(=O)c4cccs4)CC3)C[C@H]2O)cc1OC. The fraction of sp³-hybridized carbons (Fsp3) is 0.522. The van der Waals surface area contributed by atoms with Crippen molar-refractivity contribution in [2.75, 3.05) is 40.4 Å². The Bertz CT molecular complexity index is 867. The van der Waals surface area contributed by atoms with Gasteiger partial charge in [-0.25, -0.2) is 0 Å². The van der Waals surface area contributed by atoms with Gasteiger partial charge in [0.15, 0.2) is 11.5 Å². The van der Waals surface area contributed by atoms with Gasteiger partial charge in [-0.15, -0.1) is 11.3 Å². The number of aliphatic hydroxyl groups excluding tert-OH is 1. The van der Waals surface area contributed by atoms with E-state index in [1.165, 1.54) is 11.3 Å². The largest absolute Gasteiger partial charge is 0.493 e. The van der Waals surface area contributed by atoms with Crippen molar-refractivity contribution >= 4 is 17.2 Å². The summed E-state index contributed by atoms with van der Waals surface area (Å²) in [6.07, 6.45) is 1.81. The Hall–Kier alpha value is -2.29. The number of amides is 1. The Morgan fingerprint density at radius 1 is 1.06 bits per heavy atom. The zero-order chi connectivity index (χ0) is 21.8. The molecule has 168 valence electrons. The number of thiophene rings is 1. The van der Waals surface area contributed by atoms with E-state index in [9.17, 15) is 9.90 Å². The van der Waals surface area contributed by atoms with Crippen LogP contribution >= 0.6 is 11.3 Å². The van der Waals surface area contributed by atoms with Crippen LogP contribution in [0.1, 0.15) is 28.9 Å². The number of methoxy groups -OCH3 is 2. The van der Waals surface area contributed by atoms with E-state index in [4.69, 9.17) is 14.2 Å². The molecule has 8 heteroatoms. The molecule has 7 nitrogen and oxygen atoms in total. The van der Waals surface area contributed by atoms with Crippen molar-refractivity contribution in [3.8, 4) is 17.2 Å². The third-order valence-corrected chi connectivity index (χ3v) is 7.05. The van der Waals surface area contributed by atoms with Crippen LogP contribution in [0.5, 0.6) is 17.2 Å². The van der Waals surface area contributed by atoms with Crippen LogP contribution in [0, 0.1) is 0 Å². The number of carbonyl (C=O) groups excluding carboxylic acids is 1. The molecule has 0 unspecified atom stereocenters. The van der Waals surface area contributed by atoms with Crippen LogP contribution in [0.3, 0.4) is 0 Å². The number of likely N-dealkylation sites (tertiary alicyclic amines) is 2. The summed E-state index contributed by atoms with van der Waals surface area (Å²) >= 11 is 1.50. The van der Waals surface area contributed by atoms with E-state index in [1.54, 1.807) is 26.4 Å². The molecule has 2 aliphatic rings. The fourth-order valence-electron chi connectivity index (χ4n) is 4.46. The zero-order valence-electron chi connectivity index (χ0n) is 18.0. The second kappa shape index (κ2) is 9.89. The van der Waals surface area contributed by atoms with Crippen molar-refractivity contribution in [2.24, 2.45) is 0 Å². The molecule has 31 heavy (non-hydrogen) atoms. The normalized spacial score (nSPS) is 22.9. The maximum absolute atomic E-state index is 12.5. The number of rotatable bonds is 6. The number of piperidine rings is 2. The molecule has 0 radical (unpaired) electrons. The van der Waals surface area contributed by atoms with Gasteiger partial charge in [-0.3, -0.25) is 9.69 Å². The number of aliphatic hydroxyl groups is 1. The molecule has 1 aromatic heterocycles. The number of ether oxygens (including phenoxy) is 3. The van der Waals surface area contributed by atoms with Crippen LogP contribution in [0.15, 0.2) is 35.7 Å². The standard InChI is InChI=1S/C23H30N2O5S/c1-28-20-6-5-17(14-21(20)29-2)30-19-9-12-25(15-18(19)26)16-7-10-24(11-8-16)23(27)22-4-3-13-31-22/h3-6,13-14,16,18-19,26H,7-12,15H2,1-2H3/t18-,19-/m1/s1. The lowest BCUT2D eigenvalue weighted by Crippen LogP contribution is -2.55. The topological polar surface area (TPSA) is 71.5 Å². The molecule has 0 spiro atoms. The monoisotopic (exact) mass is 446 g/mol. The van der Waals surface area contributed by atoms with Gasteiger partial charge in [0.2, 0.25) is 0 Å².